The SMILES string of the molecule is O=C(OCc1ccccc1)N1C[C@@H](O)[C@@H](O)[C@@H]1CCCCOC(c1ccccc1)(c1ccccc1)c1ccccc1. The number of hydrogen-bond acceptors (Lipinski definition) is 5. The summed E-state index contributed by atoms with van der Waals surface area (Å²) in [5.41, 5.74) is 3.21. The molecule has 0 unspecified atom stereocenters. The van der Waals surface area contributed by atoms with Crippen molar-refractivity contribution in [2.75, 3.05) is 13.2 Å². The second-order valence-electron chi connectivity index (χ2n) is 10.4. The Kier molecular flexibility index (Phi) is 9.47. The van der Waals surface area contributed by atoms with Crippen LogP contribution in [0.15, 0.2) is 121 Å². The lowest BCUT2D eigenvalue weighted by atomic mass is 9.80. The molecule has 0 bridgehead atoms. The molecule has 6 heteroatoms. The smallest absolute Gasteiger partial charge is 0.410 e. The van der Waals surface area contributed by atoms with Gasteiger partial charge in [0.25, 0.3) is 0 Å². The quantitative estimate of drug-likeness (QED) is 0.179. The van der Waals surface area contributed by atoms with Gasteiger partial charge in [0.15, 0.2) is 0 Å². The molecule has 212 valence electrons. The zero-order valence-corrected chi connectivity index (χ0v) is 23.1. The molecule has 3 atom stereocenters. The molecule has 0 aromatic heterocycles. The molecular formula is C35H37NO5. The highest BCUT2D eigenvalue weighted by Crippen LogP contribution is 2.40. The van der Waals surface area contributed by atoms with Crippen molar-refractivity contribution >= 4 is 6.09 Å². The topological polar surface area (TPSA) is 79.2 Å². The summed E-state index contributed by atoms with van der Waals surface area (Å²) >= 11 is 0. The number of unbranched alkanes of at least 4 members (excludes halogenated alkanes) is 1. The molecule has 6 nitrogen and oxygen atoms in total. The van der Waals surface area contributed by atoms with E-state index in [2.05, 4.69) is 36.4 Å². The molecule has 0 radical (unpaired) electrons. The molecule has 4 aromatic carbocycles. The van der Waals surface area contributed by atoms with Gasteiger partial charge in [-0.15, -0.1) is 0 Å². The summed E-state index contributed by atoms with van der Waals surface area (Å²) in [5.74, 6) is 0. The Morgan fingerprint density at radius 3 is 1.73 bits per heavy atom. The van der Waals surface area contributed by atoms with E-state index < -0.39 is 29.9 Å². The molecule has 41 heavy (non-hydrogen) atoms. The number of aliphatic hydroxyl groups is 2. The number of likely N-dealkylation sites (tertiary alicyclic amines) is 1. The number of rotatable bonds is 11. The number of nitrogens with zero attached hydrogens (tertiary/aromatic N) is 1. The fourth-order valence-electron chi connectivity index (χ4n) is 5.67. The van der Waals surface area contributed by atoms with Crippen LogP contribution in [0.1, 0.15) is 41.5 Å². The molecule has 1 amide bonds. The highest BCUT2D eigenvalue weighted by molar-refractivity contribution is 5.68. The minimum Gasteiger partial charge on any atom is -0.445 e. The molecule has 4 aromatic rings. The molecule has 0 saturated carbocycles. The second kappa shape index (κ2) is 13.6. The highest BCUT2D eigenvalue weighted by atomic mass is 16.6. The van der Waals surface area contributed by atoms with Gasteiger partial charge in [0.05, 0.1) is 18.7 Å². The molecule has 1 aliphatic rings. The number of amides is 1. The molecule has 0 spiro atoms. The fourth-order valence-corrected chi connectivity index (χ4v) is 5.67. The zero-order valence-electron chi connectivity index (χ0n) is 23.1. The lowest BCUT2D eigenvalue weighted by Crippen LogP contribution is -2.40. The third kappa shape index (κ3) is 6.51. The third-order valence-electron chi connectivity index (χ3n) is 7.77. The number of ether oxygens (including phenoxy) is 2. The van der Waals surface area contributed by atoms with Crippen molar-refractivity contribution in [3.63, 3.8) is 0 Å². The number of carbonyl (C=O) groups excluding carboxylic acids is 1. The predicted molar refractivity (Wildman–Crippen MR) is 158 cm³/mol. The van der Waals surface area contributed by atoms with Gasteiger partial charge in [-0.25, -0.2) is 4.79 Å². The zero-order chi connectivity index (χ0) is 28.5. The van der Waals surface area contributed by atoms with E-state index >= 15 is 0 Å². The largest absolute Gasteiger partial charge is 0.445 e. The number of aliphatic hydroxyl groups excluding tert-OH is 2. The van der Waals surface area contributed by atoms with Gasteiger partial charge in [-0.3, -0.25) is 4.90 Å². The molecule has 1 fully saturated rings. The van der Waals surface area contributed by atoms with Crippen LogP contribution in [-0.4, -0.2) is 52.6 Å². The number of carbonyl (C=O) groups is 1. The van der Waals surface area contributed by atoms with Crippen LogP contribution >= 0.6 is 0 Å². The first-order chi connectivity index (χ1) is 20.1. The van der Waals surface area contributed by atoms with Gasteiger partial charge in [0.1, 0.15) is 18.3 Å². The molecule has 1 aliphatic heterocycles. The summed E-state index contributed by atoms with van der Waals surface area (Å²) in [4.78, 5) is 14.3. The first kappa shape index (κ1) is 28.6. The Hall–Kier alpha value is -3.97. The van der Waals surface area contributed by atoms with Crippen molar-refractivity contribution in [1.29, 1.82) is 0 Å². The van der Waals surface area contributed by atoms with Gasteiger partial charge in [0, 0.05) is 6.61 Å². The Bertz CT molecular complexity index is 1250. The maximum Gasteiger partial charge on any atom is 0.410 e. The summed E-state index contributed by atoms with van der Waals surface area (Å²) in [5, 5.41) is 21.0. The van der Waals surface area contributed by atoms with Gasteiger partial charge >= 0.3 is 6.09 Å². The number of hydrogen-bond donors (Lipinski definition) is 2. The molecule has 1 heterocycles. The van der Waals surface area contributed by atoms with Crippen molar-refractivity contribution in [2.24, 2.45) is 0 Å². The van der Waals surface area contributed by atoms with E-state index in [1.807, 2.05) is 84.9 Å². The molecule has 2 N–H and O–H groups in total. The Morgan fingerprint density at radius 1 is 0.732 bits per heavy atom. The van der Waals surface area contributed by atoms with Crippen LogP contribution in [0.3, 0.4) is 0 Å². The molecule has 0 aliphatic carbocycles. The van der Waals surface area contributed by atoms with E-state index in [0.717, 1.165) is 22.3 Å². The number of benzene rings is 4. The minimum atomic E-state index is -1.02. The van der Waals surface area contributed by atoms with Gasteiger partial charge in [-0.1, -0.05) is 121 Å². The fraction of sp³-hybridized carbons (Fsp3) is 0.286. The predicted octanol–water partition coefficient (Wildman–Crippen LogP) is 5.91. The average Bonchev–Trinajstić information content (AvgIpc) is 3.32. The lowest BCUT2D eigenvalue weighted by molar-refractivity contribution is 0.00779. The van der Waals surface area contributed by atoms with E-state index in [9.17, 15) is 15.0 Å². The van der Waals surface area contributed by atoms with Crippen molar-refractivity contribution < 1.29 is 24.5 Å². The van der Waals surface area contributed by atoms with Gasteiger partial charge < -0.3 is 19.7 Å². The van der Waals surface area contributed by atoms with E-state index in [1.54, 1.807) is 0 Å². The van der Waals surface area contributed by atoms with Crippen LogP contribution in [0.5, 0.6) is 0 Å². The normalized spacial score (nSPS) is 18.8. The van der Waals surface area contributed by atoms with E-state index in [0.29, 0.717) is 25.9 Å². The maximum absolute atomic E-state index is 12.9. The summed E-state index contributed by atoms with van der Waals surface area (Å²) in [6.45, 7) is 0.654. The van der Waals surface area contributed by atoms with E-state index in [1.165, 1.54) is 4.90 Å². The van der Waals surface area contributed by atoms with Gasteiger partial charge in [-0.05, 0) is 41.5 Å². The summed E-state index contributed by atoms with van der Waals surface area (Å²) < 4.78 is 12.3. The monoisotopic (exact) mass is 551 g/mol. The number of β-amino-alcohol motifs (C(OH)–C–C–N with tert-alkyl or cyclic N) is 1. The summed E-state index contributed by atoms with van der Waals surface area (Å²) in [6.07, 6.45) is -0.607. The second-order valence-corrected chi connectivity index (χ2v) is 10.4. The first-order valence-electron chi connectivity index (χ1n) is 14.2. The Morgan fingerprint density at radius 2 is 1.22 bits per heavy atom. The van der Waals surface area contributed by atoms with Crippen molar-refractivity contribution in [1.82, 2.24) is 4.90 Å². The Labute approximate surface area is 241 Å². The van der Waals surface area contributed by atoms with Crippen LogP contribution in [0.2, 0.25) is 0 Å². The van der Waals surface area contributed by atoms with Crippen molar-refractivity contribution in [2.45, 2.75) is 49.7 Å². The van der Waals surface area contributed by atoms with Crippen LogP contribution in [0, 0.1) is 0 Å². The third-order valence-corrected chi connectivity index (χ3v) is 7.77. The molecule has 1 saturated heterocycles. The standard InChI is InChI=1S/C35H37NO5/c37-32-25-36(34(39)40-26-27-15-5-1-6-16-27)31(33(32)38)23-13-14-24-41-35(28-17-7-2-8-18-28,29-19-9-3-10-20-29)30-21-11-4-12-22-30/h1-12,15-22,31-33,37-38H,13-14,23-26H2/t31-,32+,33-/m0/s1. The minimum absolute atomic E-state index is 0.0507. The maximum atomic E-state index is 12.9. The first-order valence-corrected chi connectivity index (χ1v) is 14.2. The average molecular weight is 552 g/mol. The molecular weight excluding hydrogens is 514 g/mol. The Balaban J connectivity index is 1.26. The van der Waals surface area contributed by atoms with E-state index in [4.69, 9.17) is 9.47 Å². The van der Waals surface area contributed by atoms with Crippen LogP contribution < -0.4 is 0 Å². The van der Waals surface area contributed by atoms with E-state index in [-0.39, 0.29) is 13.2 Å². The van der Waals surface area contributed by atoms with Gasteiger partial charge in [-0.2, -0.15) is 0 Å². The van der Waals surface area contributed by atoms with Crippen LogP contribution in [-0.2, 0) is 21.7 Å². The summed E-state index contributed by atoms with van der Waals surface area (Å²) in [6, 6.07) is 39.7. The van der Waals surface area contributed by atoms with Gasteiger partial charge in [0.2, 0.25) is 0 Å². The summed E-state index contributed by atoms with van der Waals surface area (Å²) in [7, 11) is 0. The van der Waals surface area contributed by atoms with Crippen molar-refractivity contribution in [3.8, 4) is 0 Å². The molecule has 5 rings (SSSR count). The highest BCUT2D eigenvalue weighted by Gasteiger charge is 2.43. The van der Waals surface area contributed by atoms with Crippen LogP contribution in [0.4, 0.5) is 4.79 Å². The van der Waals surface area contributed by atoms with Crippen LogP contribution in [0.25, 0.3) is 0 Å². The lowest BCUT2D eigenvalue weighted by Gasteiger charge is -2.36. The van der Waals surface area contributed by atoms with Crippen molar-refractivity contribution in [3.05, 3.63) is 144 Å².